The first-order chi connectivity index (χ1) is 13.0. The highest BCUT2D eigenvalue weighted by atomic mass is 79.9. The van der Waals surface area contributed by atoms with Crippen molar-refractivity contribution < 1.29 is 14.5 Å². The Balaban J connectivity index is 2.21. The van der Waals surface area contributed by atoms with Gasteiger partial charge in [0.1, 0.15) is 0 Å². The Hall–Kier alpha value is -3.19. The molecule has 1 N–H and O–H groups in total. The Bertz CT molecular complexity index is 1210. The average molecular weight is 425 g/mol. The normalized spacial score (nSPS) is 11.0. The van der Waals surface area contributed by atoms with Crippen molar-refractivity contribution in [2.45, 2.75) is 0 Å². The van der Waals surface area contributed by atoms with Crippen LogP contribution in [0, 0.1) is 10.1 Å². The van der Waals surface area contributed by atoms with Crippen molar-refractivity contribution in [3.63, 3.8) is 0 Å². The highest BCUT2D eigenvalue weighted by molar-refractivity contribution is 9.10. The number of hydrogen-bond donors (Lipinski definition) is 1. The Morgan fingerprint density at radius 3 is 2.48 bits per heavy atom. The van der Waals surface area contributed by atoms with Gasteiger partial charge in [-0.25, -0.2) is 4.79 Å². The first-order valence-corrected chi connectivity index (χ1v) is 8.86. The van der Waals surface area contributed by atoms with Crippen LogP contribution in [-0.2, 0) is 4.74 Å². The van der Waals surface area contributed by atoms with E-state index in [1.54, 1.807) is 24.3 Å². The molecule has 0 spiro atoms. The molecule has 27 heavy (non-hydrogen) atoms. The van der Waals surface area contributed by atoms with Gasteiger partial charge in [-0.05, 0) is 23.8 Å². The van der Waals surface area contributed by atoms with E-state index >= 15 is 0 Å². The summed E-state index contributed by atoms with van der Waals surface area (Å²) in [5, 5.41) is 13.3. The van der Waals surface area contributed by atoms with Gasteiger partial charge in [0.05, 0.1) is 28.7 Å². The molecule has 134 valence electrons. The molecular weight excluding hydrogens is 412 g/mol. The summed E-state index contributed by atoms with van der Waals surface area (Å²) in [6.07, 6.45) is 0. The first-order valence-electron chi connectivity index (χ1n) is 8.07. The van der Waals surface area contributed by atoms with Gasteiger partial charge in [0, 0.05) is 26.8 Å². The zero-order valence-corrected chi connectivity index (χ0v) is 15.7. The van der Waals surface area contributed by atoms with E-state index in [4.69, 9.17) is 4.74 Å². The number of nitrogens with zero attached hydrogens (tertiary/aromatic N) is 1. The quantitative estimate of drug-likeness (QED) is 0.269. The molecule has 0 bridgehead atoms. The van der Waals surface area contributed by atoms with Gasteiger partial charge < -0.3 is 9.72 Å². The Labute approximate surface area is 162 Å². The zero-order chi connectivity index (χ0) is 19.1. The van der Waals surface area contributed by atoms with E-state index < -0.39 is 10.9 Å². The minimum Gasteiger partial charge on any atom is -0.465 e. The van der Waals surface area contributed by atoms with E-state index in [2.05, 4.69) is 20.9 Å². The SMILES string of the molecule is COC(=O)c1c(-c2ccc(Br)cc2)c([N+](=O)[O-])cc2c1[nH]c1ccccc12. The van der Waals surface area contributed by atoms with Crippen LogP contribution in [0.15, 0.2) is 59.1 Å². The summed E-state index contributed by atoms with van der Waals surface area (Å²) in [4.78, 5) is 27.3. The Kier molecular flexibility index (Phi) is 4.16. The van der Waals surface area contributed by atoms with Crippen molar-refractivity contribution in [2.24, 2.45) is 0 Å². The number of carbonyl (C=O) groups is 1. The average Bonchev–Trinajstić information content (AvgIpc) is 3.05. The van der Waals surface area contributed by atoms with E-state index in [1.807, 2.05) is 24.3 Å². The van der Waals surface area contributed by atoms with Crippen LogP contribution in [0.4, 0.5) is 5.69 Å². The van der Waals surface area contributed by atoms with Crippen LogP contribution in [0.2, 0.25) is 0 Å². The maximum Gasteiger partial charge on any atom is 0.340 e. The summed E-state index contributed by atoms with van der Waals surface area (Å²) >= 11 is 3.36. The summed E-state index contributed by atoms with van der Waals surface area (Å²) in [7, 11) is 1.26. The molecule has 0 fully saturated rings. The van der Waals surface area contributed by atoms with Crippen molar-refractivity contribution in [3.05, 3.63) is 74.7 Å². The minimum absolute atomic E-state index is 0.144. The number of nitrogens with one attached hydrogen (secondary N) is 1. The number of esters is 1. The highest BCUT2D eigenvalue weighted by Gasteiger charge is 2.28. The molecule has 0 saturated heterocycles. The van der Waals surface area contributed by atoms with Crippen molar-refractivity contribution >= 4 is 49.4 Å². The number of methoxy groups -OCH3 is 1. The van der Waals surface area contributed by atoms with Crippen LogP contribution < -0.4 is 0 Å². The number of rotatable bonds is 3. The molecule has 1 heterocycles. The second-order valence-corrected chi connectivity index (χ2v) is 6.91. The number of aromatic amines is 1. The highest BCUT2D eigenvalue weighted by Crippen LogP contribution is 2.41. The van der Waals surface area contributed by atoms with E-state index in [-0.39, 0.29) is 16.8 Å². The van der Waals surface area contributed by atoms with E-state index in [0.29, 0.717) is 16.5 Å². The molecule has 7 heteroatoms. The number of H-pyrrole nitrogens is 1. The predicted octanol–water partition coefficient (Wildman–Crippen LogP) is 5.45. The fraction of sp³-hybridized carbons (Fsp3) is 0.0500. The molecule has 0 aliphatic carbocycles. The molecule has 0 unspecified atom stereocenters. The van der Waals surface area contributed by atoms with Gasteiger partial charge in [-0.3, -0.25) is 10.1 Å². The molecule has 6 nitrogen and oxygen atoms in total. The minimum atomic E-state index is -0.631. The number of nitro benzene ring substituents is 1. The number of benzene rings is 3. The van der Waals surface area contributed by atoms with Crippen molar-refractivity contribution in [2.75, 3.05) is 7.11 Å². The predicted molar refractivity (Wildman–Crippen MR) is 107 cm³/mol. The Morgan fingerprint density at radius 2 is 1.81 bits per heavy atom. The largest absolute Gasteiger partial charge is 0.465 e. The number of aromatic nitrogens is 1. The molecule has 0 aliphatic heterocycles. The number of nitro groups is 1. The number of hydrogen-bond acceptors (Lipinski definition) is 4. The lowest BCUT2D eigenvalue weighted by molar-refractivity contribution is -0.384. The third-order valence-electron chi connectivity index (χ3n) is 4.50. The van der Waals surface area contributed by atoms with Gasteiger partial charge in [-0.2, -0.15) is 0 Å². The molecule has 0 saturated carbocycles. The van der Waals surface area contributed by atoms with Gasteiger partial charge >= 0.3 is 5.97 Å². The van der Waals surface area contributed by atoms with E-state index in [1.165, 1.54) is 13.2 Å². The van der Waals surface area contributed by atoms with Crippen molar-refractivity contribution in [1.82, 2.24) is 4.98 Å². The molecule has 4 aromatic rings. The third-order valence-corrected chi connectivity index (χ3v) is 5.03. The van der Waals surface area contributed by atoms with Gasteiger partial charge in [0.2, 0.25) is 0 Å². The lowest BCUT2D eigenvalue weighted by atomic mass is 9.94. The van der Waals surface area contributed by atoms with E-state index in [0.717, 1.165) is 15.4 Å². The topological polar surface area (TPSA) is 85.2 Å². The van der Waals surface area contributed by atoms with Crippen LogP contribution in [0.3, 0.4) is 0 Å². The van der Waals surface area contributed by atoms with Gasteiger partial charge in [-0.1, -0.05) is 46.3 Å². The smallest absolute Gasteiger partial charge is 0.340 e. The Morgan fingerprint density at radius 1 is 1.11 bits per heavy atom. The fourth-order valence-corrected chi connectivity index (χ4v) is 3.60. The summed E-state index contributed by atoms with van der Waals surface area (Å²) in [5.74, 6) is -0.631. The molecule has 0 amide bonds. The number of carbonyl (C=O) groups excluding carboxylic acids is 1. The summed E-state index contributed by atoms with van der Waals surface area (Å²) in [6.45, 7) is 0. The van der Waals surface area contributed by atoms with Gasteiger partial charge in [0.25, 0.3) is 5.69 Å². The second kappa shape index (κ2) is 6.51. The summed E-state index contributed by atoms with van der Waals surface area (Å²) < 4.78 is 5.80. The van der Waals surface area contributed by atoms with Crippen molar-refractivity contribution in [3.8, 4) is 11.1 Å². The standard InChI is InChI=1S/C20H13BrN2O4/c1-27-20(24)18-17(11-6-8-12(21)9-7-11)16(23(25)26)10-14-13-4-2-3-5-15(13)22-19(14)18/h2-10,22H,1H3. The maximum atomic E-state index is 12.7. The molecule has 1 aromatic heterocycles. The zero-order valence-electron chi connectivity index (χ0n) is 14.2. The van der Waals surface area contributed by atoms with Crippen molar-refractivity contribution in [1.29, 1.82) is 0 Å². The summed E-state index contributed by atoms with van der Waals surface area (Å²) in [6, 6.07) is 15.9. The van der Waals surface area contributed by atoms with Crippen LogP contribution in [0.25, 0.3) is 32.9 Å². The molecule has 4 rings (SSSR count). The number of para-hydroxylation sites is 1. The molecule has 3 aromatic carbocycles. The molecular formula is C20H13BrN2O4. The van der Waals surface area contributed by atoms with Crippen LogP contribution >= 0.6 is 15.9 Å². The first kappa shape index (κ1) is 17.2. The molecule has 0 radical (unpaired) electrons. The summed E-state index contributed by atoms with van der Waals surface area (Å²) in [5.41, 5.74) is 2.12. The molecule has 0 aliphatic rings. The monoisotopic (exact) mass is 424 g/mol. The van der Waals surface area contributed by atoms with Gasteiger partial charge in [-0.15, -0.1) is 0 Å². The molecule has 0 atom stereocenters. The fourth-order valence-electron chi connectivity index (χ4n) is 3.33. The van der Waals surface area contributed by atoms with E-state index in [9.17, 15) is 14.9 Å². The van der Waals surface area contributed by atoms with Crippen LogP contribution in [0.5, 0.6) is 0 Å². The van der Waals surface area contributed by atoms with Crippen LogP contribution in [0.1, 0.15) is 10.4 Å². The van der Waals surface area contributed by atoms with Crippen LogP contribution in [-0.4, -0.2) is 23.0 Å². The van der Waals surface area contributed by atoms with Gasteiger partial charge in [0.15, 0.2) is 0 Å². The lowest BCUT2D eigenvalue weighted by Crippen LogP contribution is -2.07. The maximum absolute atomic E-state index is 12.7. The third kappa shape index (κ3) is 2.76. The number of fused-ring (bicyclic) bond motifs is 3. The lowest BCUT2D eigenvalue weighted by Gasteiger charge is -2.11. The number of ether oxygens (including phenoxy) is 1. The number of halogens is 1. The second-order valence-electron chi connectivity index (χ2n) is 5.99.